The number of guanidine groups is 1. The van der Waals surface area contributed by atoms with Gasteiger partial charge < -0.3 is 15.8 Å². The van der Waals surface area contributed by atoms with E-state index >= 15 is 0 Å². The van der Waals surface area contributed by atoms with Crippen LogP contribution < -0.4 is 11.1 Å². The van der Waals surface area contributed by atoms with Crippen LogP contribution in [0.15, 0.2) is 29.3 Å². The van der Waals surface area contributed by atoms with Gasteiger partial charge in [-0.1, -0.05) is 39.8 Å². The Hall–Kier alpha value is -1.55. The van der Waals surface area contributed by atoms with E-state index in [4.69, 9.17) is 10.5 Å². The third kappa shape index (κ3) is 6.48. The predicted octanol–water partition coefficient (Wildman–Crippen LogP) is 3.99. The number of anilines is 1. The van der Waals surface area contributed by atoms with Crippen LogP contribution in [-0.2, 0) is 4.74 Å². The molecule has 4 heteroatoms. The number of hydrogen-bond acceptors (Lipinski definition) is 2. The summed E-state index contributed by atoms with van der Waals surface area (Å²) in [6.07, 6.45) is 1.13. The van der Waals surface area contributed by atoms with E-state index < -0.39 is 0 Å². The van der Waals surface area contributed by atoms with Crippen molar-refractivity contribution < 1.29 is 4.74 Å². The van der Waals surface area contributed by atoms with Crippen molar-refractivity contribution in [3.8, 4) is 0 Å². The van der Waals surface area contributed by atoms with Gasteiger partial charge in [0.2, 0.25) is 0 Å². The van der Waals surface area contributed by atoms with Crippen LogP contribution in [0.1, 0.15) is 52.5 Å². The van der Waals surface area contributed by atoms with Crippen LogP contribution in [0, 0.1) is 5.92 Å². The molecule has 4 nitrogen and oxygen atoms in total. The van der Waals surface area contributed by atoms with Crippen molar-refractivity contribution in [3.63, 3.8) is 0 Å². The number of ether oxygens (including phenoxy) is 1. The Kier molecular flexibility index (Phi) is 7.96. The van der Waals surface area contributed by atoms with E-state index in [1.54, 1.807) is 0 Å². The maximum atomic E-state index is 5.97. The molecule has 0 fully saturated rings. The van der Waals surface area contributed by atoms with Gasteiger partial charge in [0.25, 0.3) is 0 Å². The van der Waals surface area contributed by atoms with E-state index in [9.17, 15) is 0 Å². The largest absolute Gasteiger partial charge is 0.378 e. The summed E-state index contributed by atoms with van der Waals surface area (Å²) in [5.74, 6) is 1.45. The first kappa shape index (κ1) is 18.5. The molecule has 1 aromatic carbocycles. The number of nitrogens with zero attached hydrogens (tertiary/aromatic N) is 1. The maximum absolute atomic E-state index is 5.97. The number of rotatable bonds is 8. The van der Waals surface area contributed by atoms with E-state index in [1.165, 1.54) is 5.56 Å². The summed E-state index contributed by atoms with van der Waals surface area (Å²) >= 11 is 0. The average molecular weight is 305 g/mol. The number of benzene rings is 1. The molecule has 0 radical (unpaired) electrons. The monoisotopic (exact) mass is 305 g/mol. The quantitative estimate of drug-likeness (QED) is 0.564. The maximum Gasteiger partial charge on any atom is 0.193 e. The smallest absolute Gasteiger partial charge is 0.193 e. The Bertz CT molecular complexity index is 469. The Balaban J connectivity index is 2.53. The molecule has 0 aromatic heterocycles. The van der Waals surface area contributed by atoms with Gasteiger partial charge in [-0.05, 0) is 42.9 Å². The second-order valence-electron chi connectivity index (χ2n) is 6.20. The van der Waals surface area contributed by atoms with Crippen LogP contribution in [0.2, 0.25) is 0 Å². The zero-order valence-electron chi connectivity index (χ0n) is 14.6. The lowest BCUT2D eigenvalue weighted by Gasteiger charge is -2.19. The van der Waals surface area contributed by atoms with Crippen molar-refractivity contribution in [2.75, 3.05) is 18.5 Å². The third-order valence-electron chi connectivity index (χ3n) is 3.65. The molecule has 0 amide bonds. The van der Waals surface area contributed by atoms with Crippen molar-refractivity contribution in [3.05, 3.63) is 29.8 Å². The summed E-state index contributed by atoms with van der Waals surface area (Å²) in [4.78, 5) is 4.40. The van der Waals surface area contributed by atoms with Gasteiger partial charge in [0, 0.05) is 18.8 Å². The number of hydrogen-bond donors (Lipinski definition) is 2. The topological polar surface area (TPSA) is 59.6 Å². The van der Waals surface area contributed by atoms with E-state index in [0.29, 0.717) is 24.3 Å². The van der Waals surface area contributed by atoms with Crippen LogP contribution in [0.5, 0.6) is 0 Å². The lowest BCUT2D eigenvalue weighted by Crippen LogP contribution is -2.25. The van der Waals surface area contributed by atoms with Gasteiger partial charge in [-0.15, -0.1) is 0 Å². The highest BCUT2D eigenvalue weighted by Gasteiger charge is 2.12. The normalized spacial score (nSPS) is 13.7. The molecule has 0 aliphatic rings. The third-order valence-corrected chi connectivity index (χ3v) is 3.65. The first-order valence-corrected chi connectivity index (χ1v) is 8.22. The fourth-order valence-electron chi connectivity index (χ4n) is 2.30. The van der Waals surface area contributed by atoms with Crippen LogP contribution in [-0.4, -0.2) is 25.2 Å². The van der Waals surface area contributed by atoms with Crippen molar-refractivity contribution >= 4 is 11.6 Å². The highest BCUT2D eigenvalue weighted by molar-refractivity contribution is 5.92. The molecule has 0 bridgehead atoms. The van der Waals surface area contributed by atoms with Crippen molar-refractivity contribution in [1.82, 2.24) is 0 Å². The first-order chi connectivity index (χ1) is 10.4. The van der Waals surface area contributed by atoms with Gasteiger partial charge in [-0.25, -0.2) is 0 Å². The number of nitrogens with one attached hydrogen (secondary N) is 1. The lowest BCUT2D eigenvalue weighted by molar-refractivity contribution is 0.0266. The van der Waals surface area contributed by atoms with Crippen LogP contribution in [0.25, 0.3) is 0 Å². The zero-order chi connectivity index (χ0) is 16.5. The molecule has 124 valence electrons. The van der Waals surface area contributed by atoms with E-state index in [-0.39, 0.29) is 6.10 Å². The first-order valence-electron chi connectivity index (χ1n) is 8.22. The molecule has 0 spiro atoms. The fraction of sp³-hybridized carbons (Fsp3) is 0.611. The van der Waals surface area contributed by atoms with Crippen molar-refractivity contribution in [1.29, 1.82) is 0 Å². The molecule has 0 aliphatic carbocycles. The van der Waals surface area contributed by atoms with Gasteiger partial charge in [0.15, 0.2) is 5.96 Å². The second-order valence-corrected chi connectivity index (χ2v) is 6.20. The average Bonchev–Trinajstić information content (AvgIpc) is 2.46. The van der Waals surface area contributed by atoms with Gasteiger partial charge in [-0.3, -0.25) is 4.99 Å². The Morgan fingerprint density at radius 3 is 2.59 bits per heavy atom. The molecular formula is C18H31N3O. The zero-order valence-corrected chi connectivity index (χ0v) is 14.6. The Morgan fingerprint density at radius 2 is 2.00 bits per heavy atom. The molecule has 0 saturated heterocycles. The lowest BCUT2D eigenvalue weighted by atomic mass is 10.0. The minimum absolute atomic E-state index is 0.241. The molecule has 1 rings (SSSR count). The van der Waals surface area contributed by atoms with Crippen molar-refractivity contribution in [2.24, 2.45) is 16.6 Å². The van der Waals surface area contributed by atoms with Crippen LogP contribution in [0.4, 0.5) is 5.69 Å². The van der Waals surface area contributed by atoms with Crippen LogP contribution >= 0.6 is 0 Å². The van der Waals surface area contributed by atoms with E-state index in [2.05, 4.69) is 50.1 Å². The summed E-state index contributed by atoms with van der Waals surface area (Å²) in [5.41, 5.74) is 8.24. The standard InChI is InChI=1S/C18H31N3O/c1-6-22-17(14(4)5)10-11-20-18(19)21-16-9-7-8-15(12-16)13(2)3/h7-9,12-14,17H,6,10-11H2,1-5H3,(H3,19,20,21). The molecule has 1 atom stereocenters. The Labute approximate surface area is 135 Å². The summed E-state index contributed by atoms with van der Waals surface area (Å²) in [5, 5.41) is 3.16. The fourth-order valence-corrected chi connectivity index (χ4v) is 2.30. The van der Waals surface area contributed by atoms with E-state index in [0.717, 1.165) is 18.7 Å². The summed E-state index contributed by atoms with van der Waals surface area (Å²) in [6, 6.07) is 8.28. The molecule has 0 saturated carbocycles. The summed E-state index contributed by atoms with van der Waals surface area (Å²) < 4.78 is 5.72. The van der Waals surface area contributed by atoms with Gasteiger partial charge >= 0.3 is 0 Å². The molecule has 0 aliphatic heterocycles. The minimum atomic E-state index is 0.241. The highest BCUT2D eigenvalue weighted by atomic mass is 16.5. The van der Waals surface area contributed by atoms with Crippen molar-refractivity contribution in [2.45, 2.75) is 53.1 Å². The molecular weight excluding hydrogens is 274 g/mol. The van der Waals surface area contributed by atoms with Gasteiger partial charge in [-0.2, -0.15) is 0 Å². The van der Waals surface area contributed by atoms with Crippen LogP contribution in [0.3, 0.4) is 0 Å². The van der Waals surface area contributed by atoms with Gasteiger partial charge in [0.1, 0.15) is 0 Å². The molecule has 22 heavy (non-hydrogen) atoms. The molecule has 1 unspecified atom stereocenters. The SMILES string of the molecule is CCOC(CCN=C(N)Nc1cccc(C(C)C)c1)C(C)C. The predicted molar refractivity (Wildman–Crippen MR) is 95.5 cm³/mol. The highest BCUT2D eigenvalue weighted by Crippen LogP contribution is 2.18. The summed E-state index contributed by atoms with van der Waals surface area (Å²) in [7, 11) is 0. The van der Waals surface area contributed by atoms with E-state index in [1.807, 2.05) is 19.1 Å². The minimum Gasteiger partial charge on any atom is -0.378 e. The van der Waals surface area contributed by atoms with Gasteiger partial charge in [0.05, 0.1) is 6.10 Å². The molecule has 0 heterocycles. The number of nitrogens with two attached hydrogens (primary N) is 1. The Morgan fingerprint density at radius 1 is 1.27 bits per heavy atom. The summed E-state index contributed by atoms with van der Waals surface area (Å²) in [6.45, 7) is 12.1. The number of aliphatic imine (C=N–C) groups is 1. The second kappa shape index (κ2) is 9.46. The molecule has 3 N–H and O–H groups in total. The molecule has 1 aromatic rings.